The van der Waals surface area contributed by atoms with E-state index in [1.54, 1.807) is 6.92 Å². The maximum Gasteiger partial charge on any atom is 0.416 e. The van der Waals surface area contributed by atoms with Crippen molar-refractivity contribution < 1.29 is 72.4 Å². The number of alkyl halides is 9. The molecule has 0 bridgehead atoms. The van der Waals surface area contributed by atoms with Gasteiger partial charge in [0, 0.05) is 18.1 Å². The third-order valence-electron chi connectivity index (χ3n) is 7.74. The monoisotopic (exact) mass is 725 g/mol. The summed E-state index contributed by atoms with van der Waals surface area (Å²) in [5.41, 5.74) is -5.28. The van der Waals surface area contributed by atoms with Crippen molar-refractivity contribution in [2.75, 3.05) is 20.3 Å². The first-order chi connectivity index (χ1) is 23.2. The highest BCUT2D eigenvalue weighted by Gasteiger charge is 2.44. The van der Waals surface area contributed by atoms with Gasteiger partial charge in [0.25, 0.3) is 0 Å². The van der Waals surface area contributed by atoms with Gasteiger partial charge >= 0.3 is 30.6 Å². The van der Waals surface area contributed by atoms with Gasteiger partial charge in [-0.1, -0.05) is 6.07 Å². The molecule has 0 aliphatic carbocycles. The lowest BCUT2D eigenvalue weighted by molar-refractivity contribution is -0.144. The topological polar surface area (TPSA) is 74.3 Å². The van der Waals surface area contributed by atoms with E-state index in [9.17, 15) is 53.5 Å². The van der Waals surface area contributed by atoms with Gasteiger partial charge in [0.15, 0.2) is 11.6 Å². The molecule has 272 valence electrons. The number of amides is 1. The molecule has 2 atom stereocenters. The molecule has 17 heteroatoms. The summed E-state index contributed by atoms with van der Waals surface area (Å²) in [5.74, 6) is -1.92. The zero-order valence-corrected chi connectivity index (χ0v) is 26.5. The number of ether oxygens (including phenoxy) is 4. The fourth-order valence-corrected chi connectivity index (χ4v) is 5.31. The van der Waals surface area contributed by atoms with Crippen LogP contribution in [-0.4, -0.2) is 43.3 Å². The Labute approximate surface area is 278 Å². The Kier molecular flexibility index (Phi) is 11.2. The van der Waals surface area contributed by atoms with Crippen LogP contribution in [0.25, 0.3) is 11.1 Å². The van der Waals surface area contributed by atoms with Crippen LogP contribution >= 0.6 is 0 Å². The van der Waals surface area contributed by atoms with E-state index >= 15 is 0 Å². The van der Waals surface area contributed by atoms with Crippen molar-refractivity contribution >= 4 is 12.1 Å². The Hall–Kier alpha value is -4.70. The number of hydrogen-bond acceptors (Lipinski definition) is 6. The highest BCUT2D eigenvalue weighted by atomic mass is 19.4. The summed E-state index contributed by atoms with van der Waals surface area (Å²) in [4.78, 5) is 25.5. The zero-order chi connectivity index (χ0) is 37.2. The van der Waals surface area contributed by atoms with Crippen molar-refractivity contribution in [1.82, 2.24) is 4.90 Å². The van der Waals surface area contributed by atoms with Crippen molar-refractivity contribution in [2.45, 2.75) is 63.9 Å². The van der Waals surface area contributed by atoms with Crippen molar-refractivity contribution in [2.24, 2.45) is 0 Å². The average molecular weight is 726 g/mol. The second-order valence-corrected chi connectivity index (χ2v) is 11.1. The Balaban J connectivity index is 1.73. The largest absolute Gasteiger partial charge is 0.496 e. The third-order valence-corrected chi connectivity index (χ3v) is 7.74. The number of halogens is 10. The first-order valence-electron chi connectivity index (χ1n) is 14.9. The van der Waals surface area contributed by atoms with Gasteiger partial charge in [0.05, 0.1) is 49.6 Å². The molecule has 1 heterocycles. The molecule has 0 spiro atoms. The minimum Gasteiger partial charge on any atom is -0.496 e. The maximum atomic E-state index is 14.9. The Morgan fingerprint density at radius 2 is 1.46 bits per heavy atom. The number of hydrogen-bond donors (Lipinski definition) is 0. The normalized spacial score (nSPS) is 16.7. The van der Waals surface area contributed by atoms with Crippen molar-refractivity contribution in [1.29, 1.82) is 0 Å². The lowest BCUT2D eigenvalue weighted by atomic mass is 9.94. The molecule has 3 aromatic carbocycles. The lowest BCUT2D eigenvalue weighted by Gasteiger charge is -2.24. The SMILES string of the molecule is CCOC(=O)CCCOc1cc(-c2ccc(C(F)(F)F)cc2CN2C(=O)O[C@H](c3cc(C(F)(F)F)cc(C(F)(F)F)c3)[C@@H]2C)c(OC)cc1F. The van der Waals surface area contributed by atoms with Gasteiger partial charge in [-0.2, -0.15) is 39.5 Å². The first kappa shape index (κ1) is 38.1. The molecule has 0 radical (unpaired) electrons. The molecule has 0 aromatic heterocycles. The van der Waals surface area contributed by atoms with Gasteiger partial charge in [-0.15, -0.1) is 0 Å². The molecule has 1 amide bonds. The fraction of sp³-hybridized carbons (Fsp3) is 0.394. The molecule has 1 aliphatic rings. The van der Waals surface area contributed by atoms with E-state index in [4.69, 9.17) is 18.9 Å². The van der Waals surface area contributed by atoms with Crippen molar-refractivity contribution in [3.63, 3.8) is 0 Å². The van der Waals surface area contributed by atoms with Gasteiger partial charge in [-0.05, 0) is 73.4 Å². The quantitative estimate of drug-likeness (QED) is 0.112. The molecule has 7 nitrogen and oxygen atoms in total. The summed E-state index contributed by atoms with van der Waals surface area (Å²) >= 11 is 0. The van der Waals surface area contributed by atoms with Gasteiger partial charge in [0.2, 0.25) is 0 Å². The van der Waals surface area contributed by atoms with Gasteiger partial charge in [-0.25, -0.2) is 9.18 Å². The summed E-state index contributed by atoms with van der Waals surface area (Å²) in [6, 6.07) is 3.93. The van der Waals surface area contributed by atoms with E-state index in [-0.39, 0.29) is 60.3 Å². The minimum atomic E-state index is -5.19. The number of rotatable bonds is 11. The van der Waals surface area contributed by atoms with Crippen LogP contribution in [0.5, 0.6) is 11.5 Å². The molecule has 0 N–H and O–H groups in total. The Morgan fingerprint density at radius 1 is 0.840 bits per heavy atom. The van der Waals surface area contributed by atoms with Gasteiger partial charge in [0.1, 0.15) is 11.9 Å². The molecular formula is C33H29F10NO6. The molecule has 3 aromatic rings. The molecule has 1 saturated heterocycles. The standard InChI is InChI=1S/C33H29F10NO6/c1-4-48-28(45)6-5-9-49-27-14-24(26(47-3)15-25(27)34)23-8-7-20(31(35,36)37)12-19(23)16-44-17(2)29(50-30(44)46)18-10-21(32(38,39)40)13-22(11-18)33(41,42)43/h7-8,10-15,17,29H,4-6,9,16H2,1-3H3/t17-,29-/m0/s1. The van der Waals surface area contributed by atoms with Crippen LogP contribution < -0.4 is 9.47 Å². The maximum absolute atomic E-state index is 14.9. The zero-order valence-electron chi connectivity index (χ0n) is 26.5. The molecule has 1 aliphatic heterocycles. The van der Waals surface area contributed by atoms with Crippen LogP contribution in [0.2, 0.25) is 0 Å². The predicted octanol–water partition coefficient (Wildman–Crippen LogP) is 9.36. The summed E-state index contributed by atoms with van der Waals surface area (Å²) in [6.45, 7) is 2.21. The molecule has 0 saturated carbocycles. The number of carbonyl (C=O) groups is 2. The lowest BCUT2D eigenvalue weighted by Crippen LogP contribution is -2.32. The van der Waals surface area contributed by atoms with Crippen LogP contribution in [0.4, 0.5) is 48.7 Å². The van der Waals surface area contributed by atoms with E-state index in [2.05, 4.69) is 0 Å². The molecule has 4 rings (SSSR count). The smallest absolute Gasteiger partial charge is 0.416 e. The summed E-state index contributed by atoms with van der Waals surface area (Å²) in [7, 11) is 1.16. The van der Waals surface area contributed by atoms with Crippen LogP contribution in [0.3, 0.4) is 0 Å². The third kappa shape index (κ3) is 8.71. The number of esters is 1. The molecule has 0 unspecified atom stereocenters. The molecule has 1 fully saturated rings. The first-order valence-corrected chi connectivity index (χ1v) is 14.9. The van der Waals surface area contributed by atoms with Crippen LogP contribution in [-0.2, 0) is 39.3 Å². The van der Waals surface area contributed by atoms with Gasteiger partial charge in [-0.3, -0.25) is 9.69 Å². The fourth-order valence-electron chi connectivity index (χ4n) is 5.31. The van der Waals surface area contributed by atoms with Gasteiger partial charge < -0.3 is 18.9 Å². The van der Waals surface area contributed by atoms with Crippen molar-refractivity contribution in [3.05, 3.63) is 82.2 Å². The second kappa shape index (κ2) is 14.6. The summed E-state index contributed by atoms with van der Waals surface area (Å²) < 4.78 is 158. The van der Waals surface area contributed by atoms with Crippen LogP contribution in [0, 0.1) is 5.82 Å². The van der Waals surface area contributed by atoms with Crippen molar-refractivity contribution in [3.8, 4) is 22.6 Å². The highest BCUT2D eigenvalue weighted by Crippen LogP contribution is 2.44. The van der Waals surface area contributed by atoms with Crippen LogP contribution in [0.1, 0.15) is 60.6 Å². The Morgan fingerprint density at radius 3 is 2.02 bits per heavy atom. The molecule has 50 heavy (non-hydrogen) atoms. The van der Waals surface area contributed by atoms with E-state index in [0.29, 0.717) is 18.2 Å². The number of methoxy groups -OCH3 is 1. The van der Waals surface area contributed by atoms with E-state index in [1.807, 2.05) is 0 Å². The highest BCUT2D eigenvalue weighted by molar-refractivity contribution is 5.77. The van der Waals surface area contributed by atoms with E-state index in [0.717, 1.165) is 36.3 Å². The predicted molar refractivity (Wildman–Crippen MR) is 155 cm³/mol. The number of benzene rings is 3. The minimum absolute atomic E-state index is 0.00639. The van der Waals surface area contributed by atoms with E-state index < -0.39 is 77.4 Å². The molecular weight excluding hydrogens is 696 g/mol. The summed E-state index contributed by atoms with van der Waals surface area (Å²) in [6.07, 6.45) is -18.1. The average Bonchev–Trinajstić information content (AvgIpc) is 3.30. The second-order valence-electron chi connectivity index (χ2n) is 11.1. The number of carbonyl (C=O) groups excluding carboxylic acids is 2. The Bertz CT molecular complexity index is 1690. The number of nitrogens with zero attached hydrogens (tertiary/aromatic N) is 1. The summed E-state index contributed by atoms with van der Waals surface area (Å²) in [5, 5.41) is 0. The van der Waals surface area contributed by atoms with E-state index in [1.165, 1.54) is 6.92 Å². The van der Waals surface area contributed by atoms with Crippen LogP contribution in [0.15, 0.2) is 48.5 Å². The number of cyclic esters (lactones) is 1.